The van der Waals surface area contributed by atoms with E-state index < -0.39 is 4.92 Å². The average molecular weight is 248 g/mol. The van der Waals surface area contributed by atoms with E-state index in [0.717, 1.165) is 5.56 Å². The van der Waals surface area contributed by atoms with Crippen molar-refractivity contribution in [2.24, 2.45) is 0 Å². The molecule has 0 atom stereocenters. The molecule has 0 bridgehead atoms. The van der Waals surface area contributed by atoms with Gasteiger partial charge in [-0.2, -0.15) is 0 Å². The Morgan fingerprint density at radius 3 is 2.67 bits per heavy atom. The van der Waals surface area contributed by atoms with Crippen LogP contribution in [-0.4, -0.2) is 4.92 Å². The standard InChI is InChI=1S/C7H6BrNO2S/c1-4-2-5(8)7(12)6(3-4)9(10)11/h2-3,12H,1H3. The van der Waals surface area contributed by atoms with Crippen LogP contribution in [0.2, 0.25) is 0 Å². The molecule has 1 rings (SSSR count). The Bertz CT molecular complexity index is 340. The molecule has 12 heavy (non-hydrogen) atoms. The van der Waals surface area contributed by atoms with Gasteiger partial charge in [0.15, 0.2) is 0 Å². The Balaban J connectivity index is 3.37. The van der Waals surface area contributed by atoms with Crippen molar-refractivity contribution >= 4 is 34.2 Å². The normalized spacial score (nSPS) is 9.92. The van der Waals surface area contributed by atoms with Crippen molar-refractivity contribution in [1.29, 1.82) is 0 Å². The molecule has 5 heteroatoms. The molecule has 0 heterocycles. The molecule has 0 aliphatic heterocycles. The summed E-state index contributed by atoms with van der Waals surface area (Å²) < 4.78 is 0.650. The van der Waals surface area contributed by atoms with E-state index in [1.807, 2.05) is 0 Å². The van der Waals surface area contributed by atoms with Gasteiger partial charge < -0.3 is 0 Å². The van der Waals surface area contributed by atoms with Crippen LogP contribution < -0.4 is 0 Å². The minimum absolute atomic E-state index is 0.0326. The van der Waals surface area contributed by atoms with E-state index in [-0.39, 0.29) is 5.69 Å². The summed E-state index contributed by atoms with van der Waals surface area (Å²) in [6.45, 7) is 1.80. The van der Waals surface area contributed by atoms with Crippen molar-refractivity contribution in [2.75, 3.05) is 0 Å². The van der Waals surface area contributed by atoms with Gasteiger partial charge in [-0.25, -0.2) is 0 Å². The van der Waals surface area contributed by atoms with Gasteiger partial charge in [0.2, 0.25) is 0 Å². The lowest BCUT2D eigenvalue weighted by molar-refractivity contribution is -0.387. The molecule has 0 saturated carbocycles. The number of nitro groups is 1. The third-order valence-corrected chi connectivity index (χ3v) is 2.79. The van der Waals surface area contributed by atoms with E-state index in [0.29, 0.717) is 9.37 Å². The first-order chi connectivity index (χ1) is 5.52. The summed E-state index contributed by atoms with van der Waals surface area (Å²) in [5.41, 5.74) is 0.872. The zero-order valence-electron chi connectivity index (χ0n) is 6.24. The molecule has 3 nitrogen and oxygen atoms in total. The van der Waals surface area contributed by atoms with E-state index >= 15 is 0 Å². The molecule has 0 fully saturated rings. The van der Waals surface area contributed by atoms with Crippen molar-refractivity contribution in [3.05, 3.63) is 32.3 Å². The first-order valence-electron chi connectivity index (χ1n) is 3.16. The Morgan fingerprint density at radius 1 is 1.58 bits per heavy atom. The van der Waals surface area contributed by atoms with Gasteiger partial charge >= 0.3 is 0 Å². The summed E-state index contributed by atoms with van der Waals surface area (Å²) in [6, 6.07) is 3.28. The number of benzene rings is 1. The highest BCUT2D eigenvalue weighted by Gasteiger charge is 2.13. The van der Waals surface area contributed by atoms with E-state index in [1.54, 1.807) is 13.0 Å². The van der Waals surface area contributed by atoms with Crippen LogP contribution in [0.3, 0.4) is 0 Å². The summed E-state index contributed by atoms with van der Waals surface area (Å²) in [5, 5.41) is 10.5. The maximum atomic E-state index is 10.5. The van der Waals surface area contributed by atoms with Crippen LogP contribution >= 0.6 is 28.6 Å². The second kappa shape index (κ2) is 3.45. The van der Waals surface area contributed by atoms with Crippen LogP contribution in [-0.2, 0) is 0 Å². The number of halogens is 1. The van der Waals surface area contributed by atoms with Gasteiger partial charge in [-0.3, -0.25) is 10.1 Å². The lowest BCUT2D eigenvalue weighted by Gasteiger charge is -2.00. The van der Waals surface area contributed by atoms with Crippen LogP contribution in [0.25, 0.3) is 0 Å². The molecular formula is C7H6BrNO2S. The zero-order chi connectivity index (χ0) is 9.30. The Labute approximate surface area is 83.5 Å². The summed E-state index contributed by atoms with van der Waals surface area (Å²) >= 11 is 7.19. The van der Waals surface area contributed by atoms with Crippen LogP contribution in [0.5, 0.6) is 0 Å². The SMILES string of the molecule is Cc1cc(Br)c(S)c([N+](=O)[O-])c1. The molecular weight excluding hydrogens is 242 g/mol. The predicted octanol–water partition coefficient (Wildman–Crippen LogP) is 2.95. The van der Waals surface area contributed by atoms with E-state index in [2.05, 4.69) is 28.6 Å². The summed E-state index contributed by atoms with van der Waals surface area (Å²) in [7, 11) is 0. The van der Waals surface area contributed by atoms with Crippen molar-refractivity contribution < 1.29 is 4.92 Å². The number of hydrogen-bond acceptors (Lipinski definition) is 3. The smallest absolute Gasteiger partial charge is 0.258 e. The molecule has 0 N–H and O–H groups in total. The van der Waals surface area contributed by atoms with Crippen LogP contribution in [0.1, 0.15) is 5.56 Å². The maximum Gasteiger partial charge on any atom is 0.284 e. The summed E-state index contributed by atoms with van der Waals surface area (Å²) in [6.07, 6.45) is 0. The van der Waals surface area contributed by atoms with Crippen LogP contribution in [0.15, 0.2) is 21.5 Å². The zero-order valence-corrected chi connectivity index (χ0v) is 8.72. The highest BCUT2D eigenvalue weighted by molar-refractivity contribution is 9.10. The van der Waals surface area contributed by atoms with Gasteiger partial charge in [-0.1, -0.05) is 0 Å². The van der Waals surface area contributed by atoms with E-state index in [4.69, 9.17) is 0 Å². The fourth-order valence-electron chi connectivity index (χ4n) is 0.855. The molecule has 1 aromatic rings. The Hall–Kier alpha value is -0.550. The minimum atomic E-state index is -0.444. The molecule has 0 unspecified atom stereocenters. The summed E-state index contributed by atoms with van der Waals surface area (Å²) in [4.78, 5) is 10.4. The fourth-order valence-corrected chi connectivity index (χ4v) is 1.63. The molecule has 0 aliphatic rings. The first-order valence-corrected chi connectivity index (χ1v) is 4.40. The lowest BCUT2D eigenvalue weighted by atomic mass is 10.2. The van der Waals surface area contributed by atoms with Gasteiger partial charge in [-0.15, -0.1) is 12.6 Å². The van der Waals surface area contributed by atoms with Gasteiger partial charge in [0.25, 0.3) is 5.69 Å². The van der Waals surface area contributed by atoms with Crippen molar-refractivity contribution in [2.45, 2.75) is 11.8 Å². The van der Waals surface area contributed by atoms with E-state index in [1.165, 1.54) is 6.07 Å². The van der Waals surface area contributed by atoms with Crippen molar-refractivity contribution in [3.63, 3.8) is 0 Å². The molecule has 0 radical (unpaired) electrons. The van der Waals surface area contributed by atoms with Gasteiger partial charge in [0, 0.05) is 10.5 Å². The second-order valence-electron chi connectivity index (χ2n) is 2.37. The lowest BCUT2D eigenvalue weighted by Crippen LogP contribution is -1.91. The van der Waals surface area contributed by atoms with Crippen molar-refractivity contribution in [3.8, 4) is 0 Å². The third-order valence-electron chi connectivity index (χ3n) is 1.38. The number of thiol groups is 1. The number of hydrogen-bond donors (Lipinski definition) is 1. The average Bonchev–Trinajstić information content (AvgIpc) is 1.96. The molecule has 0 aromatic heterocycles. The topological polar surface area (TPSA) is 43.1 Å². The number of nitro benzene ring substituents is 1. The largest absolute Gasteiger partial charge is 0.284 e. The molecule has 0 aliphatic carbocycles. The predicted molar refractivity (Wildman–Crippen MR) is 52.8 cm³/mol. The second-order valence-corrected chi connectivity index (χ2v) is 3.67. The van der Waals surface area contributed by atoms with Crippen LogP contribution in [0.4, 0.5) is 5.69 Å². The van der Waals surface area contributed by atoms with Crippen LogP contribution in [0, 0.1) is 17.0 Å². The molecule has 0 saturated heterocycles. The number of rotatable bonds is 1. The molecule has 1 aromatic carbocycles. The van der Waals surface area contributed by atoms with Gasteiger partial charge in [0.1, 0.15) is 0 Å². The minimum Gasteiger partial charge on any atom is -0.258 e. The van der Waals surface area contributed by atoms with Crippen molar-refractivity contribution in [1.82, 2.24) is 0 Å². The Kier molecular flexibility index (Phi) is 2.74. The Morgan fingerprint density at radius 2 is 2.17 bits per heavy atom. The van der Waals surface area contributed by atoms with E-state index in [9.17, 15) is 10.1 Å². The highest BCUT2D eigenvalue weighted by atomic mass is 79.9. The van der Waals surface area contributed by atoms with Gasteiger partial charge in [-0.05, 0) is 34.5 Å². The highest BCUT2D eigenvalue weighted by Crippen LogP contribution is 2.31. The monoisotopic (exact) mass is 247 g/mol. The molecule has 0 amide bonds. The number of aryl methyl sites for hydroxylation is 1. The quantitative estimate of drug-likeness (QED) is 0.471. The molecule has 64 valence electrons. The first kappa shape index (κ1) is 9.54. The number of nitrogens with zero attached hydrogens (tertiary/aromatic N) is 1. The van der Waals surface area contributed by atoms with Gasteiger partial charge in [0.05, 0.1) is 9.82 Å². The fraction of sp³-hybridized carbons (Fsp3) is 0.143. The maximum absolute atomic E-state index is 10.5. The molecule has 0 spiro atoms. The summed E-state index contributed by atoms with van der Waals surface area (Å²) in [5.74, 6) is 0. The third kappa shape index (κ3) is 1.78.